The van der Waals surface area contributed by atoms with Crippen molar-refractivity contribution in [2.24, 2.45) is 0 Å². The highest BCUT2D eigenvalue weighted by Crippen LogP contribution is 2.12. The van der Waals surface area contributed by atoms with Gasteiger partial charge in [-0.2, -0.15) is 0 Å². The standard InChI is InChI=1S/C12H10ClN3O2/c13-10-6-14-7-11(15-10)16-12(18)5-8-2-1-3-9(17)4-8/h1-4,6-7,17H,5H2,(H,15,16,18). The lowest BCUT2D eigenvalue weighted by molar-refractivity contribution is -0.115. The Morgan fingerprint density at radius 3 is 2.94 bits per heavy atom. The van der Waals surface area contributed by atoms with Gasteiger partial charge in [0, 0.05) is 0 Å². The number of hydrogen-bond donors (Lipinski definition) is 2. The minimum Gasteiger partial charge on any atom is -0.508 e. The third-order valence-electron chi connectivity index (χ3n) is 2.15. The molecule has 0 saturated heterocycles. The highest BCUT2D eigenvalue weighted by molar-refractivity contribution is 6.29. The molecule has 0 fully saturated rings. The molecule has 2 N–H and O–H groups in total. The summed E-state index contributed by atoms with van der Waals surface area (Å²) in [6, 6.07) is 6.51. The van der Waals surface area contributed by atoms with Gasteiger partial charge in [-0.15, -0.1) is 0 Å². The molecule has 0 aliphatic heterocycles. The van der Waals surface area contributed by atoms with Crippen LogP contribution >= 0.6 is 11.6 Å². The average molecular weight is 264 g/mol. The molecule has 0 spiro atoms. The molecule has 6 heteroatoms. The van der Waals surface area contributed by atoms with Crippen LogP contribution in [0.15, 0.2) is 36.7 Å². The van der Waals surface area contributed by atoms with Crippen LogP contribution in [-0.4, -0.2) is 21.0 Å². The molecule has 1 heterocycles. The number of carbonyl (C=O) groups is 1. The van der Waals surface area contributed by atoms with Gasteiger partial charge in [-0.25, -0.2) is 4.98 Å². The van der Waals surface area contributed by atoms with Gasteiger partial charge in [0.25, 0.3) is 0 Å². The molecule has 0 unspecified atom stereocenters. The average Bonchev–Trinajstić information content (AvgIpc) is 2.28. The molecule has 0 saturated carbocycles. The second kappa shape index (κ2) is 5.46. The summed E-state index contributed by atoms with van der Waals surface area (Å²) in [6.07, 6.45) is 2.93. The molecule has 2 rings (SSSR count). The summed E-state index contributed by atoms with van der Waals surface area (Å²) >= 11 is 5.65. The molecule has 18 heavy (non-hydrogen) atoms. The molecule has 2 aromatic rings. The zero-order valence-electron chi connectivity index (χ0n) is 9.30. The van der Waals surface area contributed by atoms with Crippen LogP contribution in [0, 0.1) is 0 Å². The fourth-order valence-corrected chi connectivity index (χ4v) is 1.59. The first-order valence-electron chi connectivity index (χ1n) is 5.19. The van der Waals surface area contributed by atoms with Crippen LogP contribution in [0.3, 0.4) is 0 Å². The van der Waals surface area contributed by atoms with Crippen molar-refractivity contribution in [2.75, 3.05) is 5.32 Å². The SMILES string of the molecule is O=C(Cc1cccc(O)c1)Nc1cncc(Cl)n1. The lowest BCUT2D eigenvalue weighted by Crippen LogP contribution is -2.15. The number of rotatable bonds is 3. The lowest BCUT2D eigenvalue weighted by atomic mass is 10.1. The molecule has 1 amide bonds. The number of amides is 1. The minimum atomic E-state index is -0.253. The summed E-state index contributed by atoms with van der Waals surface area (Å²) < 4.78 is 0. The Hall–Kier alpha value is -2.14. The molecule has 0 aliphatic carbocycles. The highest BCUT2D eigenvalue weighted by Gasteiger charge is 2.06. The fraction of sp³-hybridized carbons (Fsp3) is 0.0833. The topological polar surface area (TPSA) is 75.1 Å². The van der Waals surface area contributed by atoms with Crippen LogP contribution in [0.2, 0.25) is 5.15 Å². The van der Waals surface area contributed by atoms with Gasteiger partial charge in [0.1, 0.15) is 10.9 Å². The second-order valence-electron chi connectivity index (χ2n) is 3.62. The smallest absolute Gasteiger partial charge is 0.229 e. The van der Waals surface area contributed by atoms with Gasteiger partial charge in [0.2, 0.25) is 5.91 Å². The third-order valence-corrected chi connectivity index (χ3v) is 2.33. The predicted octanol–water partition coefficient (Wildman–Crippen LogP) is 2.02. The van der Waals surface area contributed by atoms with E-state index >= 15 is 0 Å². The van der Waals surface area contributed by atoms with Crippen molar-refractivity contribution in [3.63, 3.8) is 0 Å². The molecule has 5 nitrogen and oxygen atoms in total. The van der Waals surface area contributed by atoms with E-state index < -0.39 is 0 Å². The number of carbonyl (C=O) groups excluding carboxylic acids is 1. The zero-order chi connectivity index (χ0) is 13.0. The Labute approximate surface area is 108 Å². The van der Waals surface area contributed by atoms with Gasteiger partial charge in [-0.05, 0) is 17.7 Å². The molecule has 1 aromatic heterocycles. The van der Waals surface area contributed by atoms with E-state index in [9.17, 15) is 9.90 Å². The van der Waals surface area contributed by atoms with E-state index in [2.05, 4.69) is 15.3 Å². The lowest BCUT2D eigenvalue weighted by Gasteiger charge is -2.04. The van der Waals surface area contributed by atoms with E-state index in [1.807, 2.05) is 0 Å². The van der Waals surface area contributed by atoms with E-state index in [-0.39, 0.29) is 23.2 Å². The number of halogens is 1. The first-order valence-corrected chi connectivity index (χ1v) is 5.56. The highest BCUT2D eigenvalue weighted by atomic mass is 35.5. The number of aromatic hydroxyl groups is 1. The van der Waals surface area contributed by atoms with Crippen LogP contribution < -0.4 is 5.32 Å². The number of hydrogen-bond acceptors (Lipinski definition) is 4. The Morgan fingerprint density at radius 1 is 1.39 bits per heavy atom. The molecule has 0 atom stereocenters. The van der Waals surface area contributed by atoms with E-state index in [0.29, 0.717) is 11.4 Å². The number of benzene rings is 1. The Balaban J connectivity index is 2.01. The van der Waals surface area contributed by atoms with Gasteiger partial charge in [0.15, 0.2) is 5.82 Å². The van der Waals surface area contributed by atoms with Gasteiger partial charge >= 0.3 is 0 Å². The van der Waals surface area contributed by atoms with Crippen molar-refractivity contribution in [3.8, 4) is 5.75 Å². The summed E-state index contributed by atoms with van der Waals surface area (Å²) in [4.78, 5) is 19.4. The molecule has 1 aromatic carbocycles. The molecule has 92 valence electrons. The normalized spacial score (nSPS) is 10.1. The maximum absolute atomic E-state index is 11.7. The molecule has 0 aliphatic rings. The largest absolute Gasteiger partial charge is 0.508 e. The third kappa shape index (κ3) is 3.43. The van der Waals surface area contributed by atoms with Crippen LogP contribution in [0.1, 0.15) is 5.56 Å². The monoisotopic (exact) mass is 263 g/mol. The van der Waals surface area contributed by atoms with Crippen molar-refractivity contribution < 1.29 is 9.90 Å². The Morgan fingerprint density at radius 2 is 2.22 bits per heavy atom. The van der Waals surface area contributed by atoms with Crippen LogP contribution in [0.5, 0.6) is 5.75 Å². The molecular formula is C12H10ClN3O2. The van der Waals surface area contributed by atoms with Crippen molar-refractivity contribution in [2.45, 2.75) is 6.42 Å². The number of phenols is 1. The van der Waals surface area contributed by atoms with Gasteiger partial charge in [0.05, 0.1) is 18.8 Å². The number of nitrogens with one attached hydrogen (secondary N) is 1. The van der Waals surface area contributed by atoms with Crippen molar-refractivity contribution in [1.82, 2.24) is 9.97 Å². The number of nitrogens with zero attached hydrogens (tertiary/aromatic N) is 2. The van der Waals surface area contributed by atoms with E-state index in [1.165, 1.54) is 18.5 Å². The maximum Gasteiger partial charge on any atom is 0.229 e. The van der Waals surface area contributed by atoms with Gasteiger partial charge in [-0.1, -0.05) is 23.7 Å². The summed E-state index contributed by atoms with van der Waals surface area (Å²) in [7, 11) is 0. The quantitative estimate of drug-likeness (QED) is 0.888. The Bertz CT molecular complexity index is 525. The van der Waals surface area contributed by atoms with Crippen molar-refractivity contribution in [1.29, 1.82) is 0 Å². The molecular weight excluding hydrogens is 254 g/mol. The molecule has 0 radical (unpaired) electrons. The van der Waals surface area contributed by atoms with Crippen LogP contribution in [0.25, 0.3) is 0 Å². The minimum absolute atomic E-state index is 0.128. The van der Waals surface area contributed by atoms with E-state index in [0.717, 1.165) is 0 Å². The van der Waals surface area contributed by atoms with Crippen LogP contribution in [-0.2, 0) is 11.2 Å². The summed E-state index contributed by atoms with van der Waals surface area (Å²) in [5.41, 5.74) is 0.711. The van der Waals surface area contributed by atoms with Gasteiger partial charge in [-0.3, -0.25) is 9.78 Å². The summed E-state index contributed by atoms with van der Waals surface area (Å²) in [6.45, 7) is 0. The number of phenolic OH excluding ortho intramolecular Hbond substituents is 1. The number of anilines is 1. The summed E-state index contributed by atoms with van der Waals surface area (Å²) in [5, 5.41) is 12.1. The first kappa shape index (κ1) is 12.3. The predicted molar refractivity (Wildman–Crippen MR) is 67.5 cm³/mol. The van der Waals surface area contributed by atoms with Crippen molar-refractivity contribution in [3.05, 3.63) is 47.4 Å². The molecule has 0 bridgehead atoms. The van der Waals surface area contributed by atoms with Gasteiger partial charge < -0.3 is 10.4 Å². The van der Waals surface area contributed by atoms with E-state index in [1.54, 1.807) is 18.2 Å². The fourth-order valence-electron chi connectivity index (χ4n) is 1.44. The zero-order valence-corrected chi connectivity index (χ0v) is 10.1. The van der Waals surface area contributed by atoms with Crippen LogP contribution in [0.4, 0.5) is 5.82 Å². The first-order chi connectivity index (χ1) is 8.63. The summed E-state index contributed by atoms with van der Waals surface area (Å²) in [5.74, 6) is 0.174. The maximum atomic E-state index is 11.7. The number of aromatic nitrogens is 2. The van der Waals surface area contributed by atoms with E-state index in [4.69, 9.17) is 11.6 Å². The second-order valence-corrected chi connectivity index (χ2v) is 4.01. The van der Waals surface area contributed by atoms with Crippen molar-refractivity contribution >= 4 is 23.3 Å². The Kier molecular flexibility index (Phi) is 3.74.